The lowest BCUT2D eigenvalue weighted by Gasteiger charge is -2.67. The van der Waals surface area contributed by atoms with E-state index in [1.165, 1.54) is 18.9 Å². The van der Waals surface area contributed by atoms with Crippen LogP contribution in [0.1, 0.15) is 46.0 Å². The van der Waals surface area contributed by atoms with E-state index in [2.05, 4.69) is 5.01 Å². The van der Waals surface area contributed by atoms with Crippen LogP contribution in [0.3, 0.4) is 0 Å². The van der Waals surface area contributed by atoms with Gasteiger partial charge in [-0.15, -0.1) is 11.6 Å². The molecule has 0 N–H and O–H groups in total. The SMILES string of the molecule is CC1(C)C(=O)N([C@H]2C3CC4CC2C[C@](Cl)(C4)C3)N1c1ccc(F)c2ccccc12. The molecule has 5 aliphatic rings. The molecule has 2 aromatic carbocycles. The van der Waals surface area contributed by atoms with Crippen molar-refractivity contribution in [1.82, 2.24) is 5.01 Å². The highest BCUT2D eigenvalue weighted by Gasteiger charge is 2.63. The van der Waals surface area contributed by atoms with Gasteiger partial charge < -0.3 is 0 Å². The number of fused-ring (bicyclic) bond motifs is 1. The molecule has 5 fully saturated rings. The number of nitrogens with zero attached hydrogens (tertiary/aromatic N) is 2. The summed E-state index contributed by atoms with van der Waals surface area (Å²) in [6, 6.07) is 11.1. The number of rotatable bonds is 2. The quantitative estimate of drug-likeness (QED) is 0.607. The van der Waals surface area contributed by atoms with E-state index in [0.717, 1.165) is 30.3 Å². The topological polar surface area (TPSA) is 23.6 Å². The Morgan fingerprint density at radius 3 is 2.31 bits per heavy atom. The maximum absolute atomic E-state index is 14.4. The van der Waals surface area contributed by atoms with Gasteiger partial charge in [0.1, 0.15) is 11.4 Å². The summed E-state index contributed by atoms with van der Waals surface area (Å²) in [5.41, 5.74) is 0.287. The third-order valence-electron chi connectivity index (χ3n) is 7.98. The van der Waals surface area contributed by atoms with Crippen molar-refractivity contribution in [2.75, 3.05) is 5.01 Å². The number of carbonyl (C=O) groups excluding carboxylic acids is 1. The third kappa shape index (κ3) is 2.32. The first-order valence-electron chi connectivity index (χ1n) is 10.8. The summed E-state index contributed by atoms with van der Waals surface area (Å²) in [6.45, 7) is 3.95. The summed E-state index contributed by atoms with van der Waals surface area (Å²) < 4.78 is 14.4. The highest BCUT2D eigenvalue weighted by Crippen LogP contribution is 2.61. The second-order valence-corrected chi connectivity index (χ2v) is 11.0. The maximum atomic E-state index is 14.4. The molecule has 2 unspecified atom stereocenters. The van der Waals surface area contributed by atoms with Gasteiger partial charge in [-0.3, -0.25) is 9.80 Å². The smallest absolute Gasteiger partial charge is 0.268 e. The summed E-state index contributed by atoms with van der Waals surface area (Å²) in [4.78, 5) is 13.3. The van der Waals surface area contributed by atoms with Gasteiger partial charge >= 0.3 is 0 Å². The first-order valence-corrected chi connectivity index (χ1v) is 11.2. The van der Waals surface area contributed by atoms with Crippen LogP contribution in [0.2, 0.25) is 0 Å². The van der Waals surface area contributed by atoms with Crippen LogP contribution < -0.4 is 5.01 Å². The second-order valence-electron chi connectivity index (χ2n) is 10.2. The first kappa shape index (κ1) is 18.0. The van der Waals surface area contributed by atoms with Crippen molar-refractivity contribution in [3.63, 3.8) is 0 Å². The normalized spacial score (nSPS) is 37.3. The fourth-order valence-electron chi connectivity index (χ4n) is 7.10. The van der Waals surface area contributed by atoms with Gasteiger partial charge in [0, 0.05) is 15.6 Å². The average Bonchev–Trinajstić information content (AvgIpc) is 2.67. The molecule has 2 aromatic rings. The largest absolute Gasteiger partial charge is 0.270 e. The minimum atomic E-state index is -0.631. The van der Waals surface area contributed by atoms with Crippen LogP contribution in [-0.2, 0) is 4.79 Å². The van der Waals surface area contributed by atoms with Gasteiger partial charge in [-0.2, -0.15) is 0 Å². The molecule has 152 valence electrons. The molecular formula is C24H26ClFN2O. The van der Waals surface area contributed by atoms with E-state index >= 15 is 0 Å². The molecule has 7 rings (SSSR count). The second kappa shape index (κ2) is 5.66. The van der Waals surface area contributed by atoms with E-state index < -0.39 is 5.54 Å². The number of benzene rings is 2. The van der Waals surface area contributed by atoms with Crippen molar-refractivity contribution in [3.8, 4) is 0 Å². The van der Waals surface area contributed by atoms with Crippen LogP contribution >= 0.6 is 11.6 Å². The van der Waals surface area contributed by atoms with E-state index in [0.29, 0.717) is 23.1 Å². The molecule has 1 heterocycles. The number of hydrogen-bond donors (Lipinski definition) is 0. The van der Waals surface area contributed by atoms with Crippen LogP contribution in [0.15, 0.2) is 36.4 Å². The van der Waals surface area contributed by atoms with Crippen LogP contribution in [0, 0.1) is 23.6 Å². The number of hydrogen-bond acceptors (Lipinski definition) is 2. The zero-order valence-corrected chi connectivity index (χ0v) is 17.6. The Labute approximate surface area is 175 Å². The summed E-state index contributed by atoms with van der Waals surface area (Å²) in [5, 5.41) is 5.62. The van der Waals surface area contributed by atoms with E-state index in [1.807, 2.05) is 49.2 Å². The fraction of sp³-hybridized carbons (Fsp3) is 0.542. The standard InChI is InChI=1S/C24H26ClFN2O/c1-23(2)22(29)27(21-15-9-14-10-16(21)13-24(25,11-14)12-15)28(23)20-8-7-19(26)17-5-3-4-6-18(17)20/h3-8,14-16,21H,9-13H2,1-2H3/t14?,15?,16?,21-,24-. The lowest BCUT2D eigenvalue weighted by molar-refractivity contribution is -0.169. The molecule has 0 aromatic heterocycles. The van der Waals surface area contributed by atoms with E-state index in [9.17, 15) is 9.18 Å². The van der Waals surface area contributed by atoms with Crippen molar-refractivity contribution in [2.24, 2.45) is 17.8 Å². The predicted octanol–water partition coefficient (Wildman–Crippen LogP) is 5.51. The number of halogens is 2. The molecule has 1 aliphatic heterocycles. The number of amides is 1. The Balaban J connectivity index is 1.45. The highest BCUT2D eigenvalue weighted by molar-refractivity contribution is 6.24. The lowest BCUT2D eigenvalue weighted by atomic mass is 9.53. The van der Waals surface area contributed by atoms with Crippen LogP contribution in [0.5, 0.6) is 0 Å². The van der Waals surface area contributed by atoms with Crippen molar-refractivity contribution < 1.29 is 9.18 Å². The summed E-state index contributed by atoms with van der Waals surface area (Å²) in [5.74, 6) is 1.60. The van der Waals surface area contributed by atoms with Gasteiger partial charge in [0.2, 0.25) is 0 Å². The molecular weight excluding hydrogens is 387 g/mol. The zero-order valence-electron chi connectivity index (χ0n) is 16.9. The maximum Gasteiger partial charge on any atom is 0.268 e. The minimum absolute atomic E-state index is 0.0518. The molecule has 0 radical (unpaired) electrons. The van der Waals surface area contributed by atoms with Gasteiger partial charge in [-0.05, 0) is 75.8 Å². The van der Waals surface area contributed by atoms with Crippen LogP contribution in [0.4, 0.5) is 10.1 Å². The van der Waals surface area contributed by atoms with E-state index in [1.54, 1.807) is 0 Å². The fourth-order valence-corrected chi connectivity index (χ4v) is 7.72. The lowest BCUT2D eigenvalue weighted by Crippen LogP contribution is -2.80. The van der Waals surface area contributed by atoms with Crippen LogP contribution in [-0.4, -0.2) is 27.4 Å². The monoisotopic (exact) mass is 412 g/mol. The van der Waals surface area contributed by atoms with Gasteiger partial charge in [-0.1, -0.05) is 24.3 Å². The summed E-state index contributed by atoms with van der Waals surface area (Å²) >= 11 is 6.94. The zero-order chi connectivity index (χ0) is 20.1. The first-order chi connectivity index (χ1) is 13.8. The molecule has 4 bridgehead atoms. The number of carbonyl (C=O) groups is 1. The minimum Gasteiger partial charge on any atom is -0.270 e. The molecule has 1 saturated heterocycles. The molecule has 1 amide bonds. The van der Waals surface area contributed by atoms with Crippen LogP contribution in [0.25, 0.3) is 10.8 Å². The number of alkyl halides is 1. The van der Waals surface area contributed by atoms with Gasteiger partial charge in [0.25, 0.3) is 5.91 Å². The summed E-state index contributed by atoms with van der Waals surface area (Å²) in [7, 11) is 0. The van der Waals surface area contributed by atoms with Crippen molar-refractivity contribution >= 4 is 34.0 Å². The van der Waals surface area contributed by atoms with Crippen molar-refractivity contribution in [3.05, 3.63) is 42.2 Å². The van der Waals surface area contributed by atoms with E-state index in [4.69, 9.17) is 11.6 Å². The molecule has 4 aliphatic carbocycles. The molecule has 4 saturated carbocycles. The molecule has 3 nitrogen and oxygen atoms in total. The molecule has 2 atom stereocenters. The summed E-state index contributed by atoms with van der Waals surface area (Å²) in [6.07, 6.45) is 5.51. The molecule has 5 heteroatoms. The third-order valence-corrected chi connectivity index (χ3v) is 8.45. The van der Waals surface area contributed by atoms with Crippen molar-refractivity contribution in [2.45, 2.75) is 62.4 Å². The van der Waals surface area contributed by atoms with Crippen molar-refractivity contribution in [1.29, 1.82) is 0 Å². The number of anilines is 1. The highest BCUT2D eigenvalue weighted by atomic mass is 35.5. The molecule has 29 heavy (non-hydrogen) atoms. The molecule has 0 spiro atoms. The Kier molecular flexibility index (Phi) is 3.51. The average molecular weight is 413 g/mol. The Bertz CT molecular complexity index is 1020. The Morgan fingerprint density at radius 2 is 1.66 bits per heavy atom. The van der Waals surface area contributed by atoms with Gasteiger partial charge in [-0.25, -0.2) is 9.40 Å². The predicted molar refractivity (Wildman–Crippen MR) is 113 cm³/mol. The Morgan fingerprint density at radius 1 is 1.00 bits per heavy atom. The van der Waals surface area contributed by atoms with Gasteiger partial charge in [0.15, 0.2) is 0 Å². The van der Waals surface area contributed by atoms with Gasteiger partial charge in [0.05, 0.1) is 11.7 Å². The Hall–Kier alpha value is -1.81. The van der Waals surface area contributed by atoms with E-state index in [-0.39, 0.29) is 22.6 Å². The number of hydrazine groups is 1.